The number of rotatable bonds is 6. The fraction of sp³-hybridized carbons (Fsp3) is 0.400. The van der Waals surface area contributed by atoms with E-state index >= 15 is 0 Å². The molecular weight excluding hydrogens is 286 g/mol. The highest BCUT2D eigenvalue weighted by molar-refractivity contribution is 5.89. The largest absolute Gasteiger partial charge is 0.468 e. The molecule has 1 aromatic rings. The number of urea groups is 1. The van der Waals surface area contributed by atoms with E-state index in [1.807, 2.05) is 0 Å². The molecule has 0 saturated heterocycles. The summed E-state index contributed by atoms with van der Waals surface area (Å²) in [5.74, 6) is -0.757. The summed E-state index contributed by atoms with van der Waals surface area (Å²) in [7, 11) is 1.26. The first-order chi connectivity index (χ1) is 10.6. The number of benzene rings is 1. The Labute approximate surface area is 128 Å². The van der Waals surface area contributed by atoms with Gasteiger partial charge in [0.25, 0.3) is 0 Å². The quantitative estimate of drug-likeness (QED) is 0.677. The Kier molecular flexibility index (Phi) is 5.35. The summed E-state index contributed by atoms with van der Waals surface area (Å²) < 4.78 is 4.44. The Morgan fingerprint density at radius 3 is 2.45 bits per heavy atom. The number of amides is 3. The minimum absolute atomic E-state index is 0.143. The van der Waals surface area contributed by atoms with E-state index < -0.39 is 5.97 Å². The number of carbonyl (C=O) groups excluding carboxylic acids is 3. The van der Waals surface area contributed by atoms with Crippen molar-refractivity contribution in [2.24, 2.45) is 0 Å². The molecule has 3 amide bonds. The van der Waals surface area contributed by atoms with Crippen LogP contribution in [0.25, 0.3) is 0 Å². The van der Waals surface area contributed by atoms with E-state index in [-0.39, 0.29) is 24.9 Å². The monoisotopic (exact) mass is 305 g/mol. The van der Waals surface area contributed by atoms with Crippen LogP contribution in [0.4, 0.5) is 10.5 Å². The van der Waals surface area contributed by atoms with Gasteiger partial charge in [-0.3, -0.25) is 9.59 Å². The highest BCUT2D eigenvalue weighted by atomic mass is 16.5. The zero-order valence-electron chi connectivity index (χ0n) is 12.3. The number of hydrogen-bond donors (Lipinski definition) is 3. The lowest BCUT2D eigenvalue weighted by molar-refractivity contribution is -0.141. The third kappa shape index (κ3) is 5.43. The van der Waals surface area contributed by atoms with Crippen LogP contribution in [0.2, 0.25) is 0 Å². The highest BCUT2D eigenvalue weighted by Gasteiger charge is 2.23. The van der Waals surface area contributed by atoms with Crippen molar-refractivity contribution < 1.29 is 19.1 Å². The van der Waals surface area contributed by atoms with Crippen LogP contribution in [0.3, 0.4) is 0 Å². The first kappa shape index (κ1) is 15.8. The molecule has 7 nitrogen and oxygen atoms in total. The van der Waals surface area contributed by atoms with Crippen LogP contribution in [0.15, 0.2) is 24.3 Å². The van der Waals surface area contributed by atoms with Gasteiger partial charge in [-0.2, -0.15) is 0 Å². The number of anilines is 1. The number of nitrogens with one attached hydrogen (secondary N) is 3. The fourth-order valence-electron chi connectivity index (χ4n) is 1.78. The Bertz CT molecular complexity index is 552. The summed E-state index contributed by atoms with van der Waals surface area (Å²) in [6.45, 7) is -0.143. The molecule has 0 radical (unpaired) electrons. The minimum atomic E-state index is -0.491. The van der Waals surface area contributed by atoms with Crippen molar-refractivity contribution in [3.8, 4) is 0 Å². The van der Waals surface area contributed by atoms with E-state index in [0.29, 0.717) is 11.7 Å². The summed E-state index contributed by atoms with van der Waals surface area (Å²) in [5.41, 5.74) is 1.45. The van der Waals surface area contributed by atoms with Gasteiger partial charge >= 0.3 is 12.0 Å². The predicted octanol–water partition coefficient (Wildman–Crippen LogP) is 0.802. The van der Waals surface area contributed by atoms with Gasteiger partial charge in [0.2, 0.25) is 5.91 Å². The molecule has 0 heterocycles. The molecule has 0 aliphatic heterocycles. The summed E-state index contributed by atoms with van der Waals surface area (Å²) in [4.78, 5) is 34.1. The highest BCUT2D eigenvalue weighted by Crippen LogP contribution is 2.19. The molecule has 1 saturated carbocycles. The summed E-state index contributed by atoms with van der Waals surface area (Å²) >= 11 is 0. The lowest BCUT2D eigenvalue weighted by Gasteiger charge is -2.08. The maximum atomic E-state index is 11.6. The van der Waals surface area contributed by atoms with Gasteiger partial charge in [0.05, 0.1) is 13.5 Å². The van der Waals surface area contributed by atoms with Crippen molar-refractivity contribution >= 4 is 23.6 Å². The molecule has 3 N–H and O–H groups in total. The lowest BCUT2D eigenvalue weighted by Crippen LogP contribution is -2.31. The van der Waals surface area contributed by atoms with Crippen LogP contribution in [0, 0.1) is 0 Å². The number of ether oxygens (including phenoxy) is 1. The van der Waals surface area contributed by atoms with E-state index in [1.54, 1.807) is 24.3 Å². The van der Waals surface area contributed by atoms with Crippen molar-refractivity contribution in [2.75, 3.05) is 19.0 Å². The van der Waals surface area contributed by atoms with Crippen molar-refractivity contribution in [3.05, 3.63) is 29.8 Å². The minimum Gasteiger partial charge on any atom is -0.468 e. The molecular formula is C15H19N3O4. The second-order valence-electron chi connectivity index (χ2n) is 5.10. The maximum Gasteiger partial charge on any atom is 0.325 e. The second-order valence-corrected chi connectivity index (χ2v) is 5.10. The maximum absolute atomic E-state index is 11.6. The molecule has 7 heteroatoms. The van der Waals surface area contributed by atoms with Gasteiger partial charge in [-0.05, 0) is 30.5 Å². The average molecular weight is 305 g/mol. The number of carbonyl (C=O) groups is 3. The molecule has 0 unspecified atom stereocenters. The van der Waals surface area contributed by atoms with Gasteiger partial charge in [0.1, 0.15) is 6.54 Å². The molecule has 0 aromatic heterocycles. The van der Waals surface area contributed by atoms with Crippen molar-refractivity contribution in [2.45, 2.75) is 25.3 Å². The van der Waals surface area contributed by atoms with Crippen LogP contribution in [0.5, 0.6) is 0 Å². The smallest absolute Gasteiger partial charge is 0.325 e. The molecule has 2 rings (SSSR count). The summed E-state index contributed by atoms with van der Waals surface area (Å²) in [6.07, 6.45) is 2.23. The topological polar surface area (TPSA) is 96.5 Å². The van der Waals surface area contributed by atoms with Gasteiger partial charge in [-0.25, -0.2) is 4.79 Å². The van der Waals surface area contributed by atoms with Gasteiger partial charge < -0.3 is 20.7 Å². The van der Waals surface area contributed by atoms with E-state index in [9.17, 15) is 14.4 Å². The zero-order chi connectivity index (χ0) is 15.9. The van der Waals surface area contributed by atoms with Gasteiger partial charge in [-0.15, -0.1) is 0 Å². The van der Waals surface area contributed by atoms with Crippen LogP contribution in [-0.4, -0.2) is 37.6 Å². The Hall–Kier alpha value is -2.57. The molecule has 118 valence electrons. The standard InChI is InChI=1S/C15H19N3O4/c1-22-14(20)9-16-13(19)8-10-2-4-11(5-3-10)17-15(21)18-12-6-7-12/h2-5,12H,6-9H2,1H3,(H,16,19)(H2,17,18,21). The molecule has 0 atom stereocenters. The molecule has 1 aliphatic carbocycles. The molecule has 1 aliphatic rings. The van der Waals surface area contributed by atoms with E-state index in [0.717, 1.165) is 18.4 Å². The molecule has 22 heavy (non-hydrogen) atoms. The van der Waals surface area contributed by atoms with Crippen molar-refractivity contribution in [1.29, 1.82) is 0 Å². The second kappa shape index (κ2) is 7.44. The zero-order valence-corrected chi connectivity index (χ0v) is 12.3. The van der Waals surface area contributed by atoms with Crippen LogP contribution < -0.4 is 16.0 Å². The predicted molar refractivity (Wildman–Crippen MR) is 80.3 cm³/mol. The Morgan fingerprint density at radius 2 is 1.86 bits per heavy atom. The van der Waals surface area contributed by atoms with Gasteiger partial charge in [-0.1, -0.05) is 12.1 Å². The van der Waals surface area contributed by atoms with E-state index in [1.165, 1.54) is 7.11 Å². The SMILES string of the molecule is COC(=O)CNC(=O)Cc1ccc(NC(=O)NC2CC2)cc1. The van der Waals surface area contributed by atoms with E-state index in [2.05, 4.69) is 20.7 Å². The molecule has 1 fully saturated rings. The molecule has 0 spiro atoms. The van der Waals surface area contributed by atoms with Crippen molar-refractivity contribution in [3.63, 3.8) is 0 Å². The summed E-state index contributed by atoms with van der Waals surface area (Å²) in [6, 6.07) is 7.06. The van der Waals surface area contributed by atoms with Gasteiger partial charge in [0, 0.05) is 11.7 Å². The third-order valence-electron chi connectivity index (χ3n) is 3.15. The van der Waals surface area contributed by atoms with Crippen molar-refractivity contribution in [1.82, 2.24) is 10.6 Å². The summed E-state index contributed by atoms with van der Waals surface area (Å²) in [5, 5.41) is 8.02. The molecule has 0 bridgehead atoms. The average Bonchev–Trinajstić information content (AvgIpc) is 3.30. The van der Waals surface area contributed by atoms with Crippen LogP contribution >= 0.6 is 0 Å². The van der Waals surface area contributed by atoms with Gasteiger partial charge in [0.15, 0.2) is 0 Å². The van der Waals surface area contributed by atoms with Crippen LogP contribution in [-0.2, 0) is 20.7 Å². The first-order valence-electron chi connectivity index (χ1n) is 7.07. The normalized spacial score (nSPS) is 13.1. The third-order valence-corrected chi connectivity index (χ3v) is 3.15. The first-order valence-corrected chi connectivity index (χ1v) is 7.07. The number of hydrogen-bond acceptors (Lipinski definition) is 4. The number of esters is 1. The lowest BCUT2D eigenvalue weighted by atomic mass is 10.1. The molecule has 1 aromatic carbocycles. The Morgan fingerprint density at radius 1 is 1.18 bits per heavy atom. The van der Waals surface area contributed by atoms with E-state index in [4.69, 9.17) is 0 Å². The Balaban J connectivity index is 1.76. The van der Waals surface area contributed by atoms with Crippen LogP contribution in [0.1, 0.15) is 18.4 Å². The fourth-order valence-corrected chi connectivity index (χ4v) is 1.78. The number of methoxy groups -OCH3 is 1.